The summed E-state index contributed by atoms with van der Waals surface area (Å²) in [6, 6.07) is 33.5. The Hall–Kier alpha value is -3.52. The number of phenolic OH excluding ortho intramolecular Hbond substituents is 2. The molecule has 2 N–H and O–H groups in total. The van der Waals surface area contributed by atoms with E-state index in [4.69, 9.17) is 0 Å². The predicted octanol–water partition coefficient (Wildman–Crippen LogP) is 8.17. The molecular weight excluding hydrogens is 392 g/mol. The molecule has 0 aliphatic rings. The monoisotopic (exact) mass is 426 g/mol. The van der Waals surface area contributed by atoms with Crippen molar-refractivity contribution in [2.75, 3.05) is 0 Å². The van der Waals surface area contributed by atoms with Gasteiger partial charge in [0.2, 0.25) is 0 Å². The Morgan fingerprint density at radius 2 is 0.906 bits per heavy atom. The third kappa shape index (κ3) is 5.20. The average Bonchev–Trinajstić information content (AvgIpc) is 2.87. The van der Waals surface area contributed by atoms with E-state index in [0.29, 0.717) is 0 Å². The first-order valence-electron chi connectivity index (χ1n) is 11.3. The highest BCUT2D eigenvalue weighted by molar-refractivity contribution is 5.72. The van der Waals surface area contributed by atoms with Crippen molar-refractivity contribution < 1.29 is 10.2 Å². The van der Waals surface area contributed by atoms with Crippen molar-refractivity contribution in [3.8, 4) is 22.6 Å². The minimum Gasteiger partial charge on any atom is -0.508 e. The smallest absolute Gasteiger partial charge is 0.115 e. The topological polar surface area (TPSA) is 40.5 Å². The molecule has 4 aromatic rings. The number of rotatable bonds is 4. The molecule has 0 saturated carbocycles. The fraction of sp³-hybridized carbons (Fsp3) is 0.200. The molecule has 0 aromatic heterocycles. The lowest BCUT2D eigenvalue weighted by Gasteiger charge is -2.34. The van der Waals surface area contributed by atoms with E-state index in [1.54, 1.807) is 24.3 Å². The van der Waals surface area contributed by atoms with Crippen molar-refractivity contribution in [3.63, 3.8) is 0 Å². The zero-order chi connectivity index (χ0) is 23.6. The van der Waals surface area contributed by atoms with Crippen LogP contribution in [0, 0.1) is 0 Å². The maximum Gasteiger partial charge on any atom is 0.115 e. The van der Waals surface area contributed by atoms with Gasteiger partial charge in [-0.3, -0.25) is 0 Å². The summed E-state index contributed by atoms with van der Waals surface area (Å²) in [5.41, 5.74) is 5.15. The van der Waals surface area contributed by atoms with E-state index in [1.807, 2.05) is 70.2 Å². The van der Waals surface area contributed by atoms with Crippen LogP contribution in [0.15, 0.2) is 103 Å². The average molecular weight is 427 g/mol. The Balaban J connectivity index is 0.000000860. The van der Waals surface area contributed by atoms with E-state index in [9.17, 15) is 10.2 Å². The lowest BCUT2D eigenvalue weighted by atomic mass is 9.69. The highest BCUT2D eigenvalue weighted by atomic mass is 16.3. The van der Waals surface area contributed by atoms with E-state index in [-0.39, 0.29) is 11.5 Å². The molecule has 2 heteroatoms. The molecule has 0 fully saturated rings. The van der Waals surface area contributed by atoms with Gasteiger partial charge in [0.25, 0.3) is 0 Å². The van der Waals surface area contributed by atoms with Crippen molar-refractivity contribution in [2.24, 2.45) is 0 Å². The zero-order valence-corrected chi connectivity index (χ0v) is 19.7. The van der Waals surface area contributed by atoms with Crippen molar-refractivity contribution in [3.05, 3.63) is 120 Å². The van der Waals surface area contributed by atoms with Crippen LogP contribution in [-0.4, -0.2) is 10.2 Å². The number of hydrogen-bond acceptors (Lipinski definition) is 2. The Kier molecular flexibility index (Phi) is 9.09. The van der Waals surface area contributed by atoms with E-state index in [1.165, 1.54) is 0 Å². The van der Waals surface area contributed by atoms with Crippen LogP contribution in [0.25, 0.3) is 11.1 Å². The van der Waals surface area contributed by atoms with Gasteiger partial charge in [0.05, 0.1) is 0 Å². The van der Waals surface area contributed by atoms with Crippen molar-refractivity contribution in [1.82, 2.24) is 0 Å². The summed E-state index contributed by atoms with van der Waals surface area (Å²) in [5.74, 6) is 0.487. The van der Waals surface area contributed by atoms with Crippen LogP contribution in [0.1, 0.15) is 51.3 Å². The van der Waals surface area contributed by atoms with Crippen LogP contribution in [0.4, 0.5) is 0 Å². The fourth-order valence-corrected chi connectivity index (χ4v) is 3.86. The molecule has 0 aliphatic carbocycles. The third-order valence-electron chi connectivity index (χ3n) is 5.44. The summed E-state index contributed by atoms with van der Waals surface area (Å²) in [7, 11) is 0. The van der Waals surface area contributed by atoms with Gasteiger partial charge < -0.3 is 10.2 Å². The molecule has 0 amide bonds. The van der Waals surface area contributed by atoms with E-state index in [2.05, 4.69) is 43.3 Å². The summed E-state index contributed by atoms with van der Waals surface area (Å²) in [6.45, 7) is 10.2. The van der Waals surface area contributed by atoms with Gasteiger partial charge in [-0.05, 0) is 59.0 Å². The van der Waals surface area contributed by atoms with Gasteiger partial charge in [0.15, 0.2) is 0 Å². The van der Waals surface area contributed by atoms with E-state index < -0.39 is 5.41 Å². The van der Waals surface area contributed by atoms with Crippen LogP contribution in [-0.2, 0) is 5.41 Å². The standard InChI is InChI=1S/C26H22O2.2C2H6/c1-26(20-11-15-22(27)16-12-20,21-13-17-23(28)18-14-21)25-10-6-5-9-24(25)19-7-3-2-4-8-19;2*1-2/h2-18,27-28H,1H3;2*1-2H3. The van der Waals surface area contributed by atoms with Gasteiger partial charge in [-0.2, -0.15) is 0 Å². The Labute approximate surface area is 192 Å². The second-order valence-corrected chi connectivity index (χ2v) is 7.13. The molecule has 0 aliphatic heterocycles. The molecule has 2 nitrogen and oxygen atoms in total. The predicted molar refractivity (Wildman–Crippen MR) is 136 cm³/mol. The van der Waals surface area contributed by atoms with Gasteiger partial charge in [-0.15, -0.1) is 0 Å². The van der Waals surface area contributed by atoms with Gasteiger partial charge in [0, 0.05) is 5.41 Å². The summed E-state index contributed by atoms with van der Waals surface area (Å²) < 4.78 is 0. The Morgan fingerprint density at radius 3 is 1.38 bits per heavy atom. The first-order chi connectivity index (χ1) is 15.6. The summed E-state index contributed by atoms with van der Waals surface area (Å²) in [5, 5.41) is 19.6. The van der Waals surface area contributed by atoms with Crippen LogP contribution in [0.3, 0.4) is 0 Å². The number of aromatic hydroxyl groups is 2. The largest absolute Gasteiger partial charge is 0.508 e. The maximum absolute atomic E-state index is 9.80. The molecule has 0 spiro atoms. The number of phenols is 2. The first-order valence-corrected chi connectivity index (χ1v) is 11.3. The SMILES string of the molecule is CC.CC.CC(c1ccc(O)cc1)(c1ccc(O)cc1)c1ccccc1-c1ccccc1. The Bertz CT molecular complexity index is 1020. The minimum absolute atomic E-state index is 0.244. The number of benzene rings is 4. The third-order valence-corrected chi connectivity index (χ3v) is 5.44. The molecule has 4 rings (SSSR count). The maximum atomic E-state index is 9.80. The lowest BCUT2D eigenvalue weighted by Crippen LogP contribution is -2.26. The fourth-order valence-electron chi connectivity index (χ4n) is 3.86. The molecule has 0 atom stereocenters. The molecule has 32 heavy (non-hydrogen) atoms. The summed E-state index contributed by atoms with van der Waals surface area (Å²) >= 11 is 0. The van der Waals surface area contributed by atoms with Crippen molar-refractivity contribution in [2.45, 2.75) is 40.0 Å². The summed E-state index contributed by atoms with van der Waals surface area (Å²) in [4.78, 5) is 0. The van der Waals surface area contributed by atoms with E-state index >= 15 is 0 Å². The molecule has 4 aromatic carbocycles. The second-order valence-electron chi connectivity index (χ2n) is 7.13. The number of hydrogen-bond donors (Lipinski definition) is 2. The second kappa shape index (κ2) is 11.8. The quantitative estimate of drug-likeness (QED) is 0.323. The van der Waals surface area contributed by atoms with Gasteiger partial charge >= 0.3 is 0 Å². The normalized spacial score (nSPS) is 10.3. The van der Waals surface area contributed by atoms with Crippen molar-refractivity contribution in [1.29, 1.82) is 0 Å². The van der Waals surface area contributed by atoms with Gasteiger partial charge in [0.1, 0.15) is 11.5 Å². The Morgan fingerprint density at radius 1 is 0.500 bits per heavy atom. The highest BCUT2D eigenvalue weighted by Crippen LogP contribution is 2.43. The van der Waals surface area contributed by atoms with Crippen LogP contribution < -0.4 is 0 Å². The lowest BCUT2D eigenvalue weighted by molar-refractivity contribution is 0.474. The molecule has 0 bridgehead atoms. The molecule has 166 valence electrons. The molecule has 0 heterocycles. The highest BCUT2D eigenvalue weighted by Gasteiger charge is 2.33. The first kappa shape index (κ1) is 24.7. The van der Waals surface area contributed by atoms with Crippen LogP contribution in [0.5, 0.6) is 11.5 Å². The molecular formula is C30H34O2. The van der Waals surface area contributed by atoms with Crippen LogP contribution in [0.2, 0.25) is 0 Å². The van der Waals surface area contributed by atoms with Crippen molar-refractivity contribution >= 4 is 0 Å². The summed E-state index contributed by atoms with van der Waals surface area (Å²) in [6.07, 6.45) is 0. The minimum atomic E-state index is -0.464. The molecule has 0 unspecified atom stereocenters. The van der Waals surface area contributed by atoms with Gasteiger partial charge in [-0.25, -0.2) is 0 Å². The molecule has 0 saturated heterocycles. The van der Waals surface area contributed by atoms with Crippen LogP contribution >= 0.6 is 0 Å². The molecule has 0 radical (unpaired) electrons. The van der Waals surface area contributed by atoms with Gasteiger partial charge in [-0.1, -0.05) is 107 Å². The van der Waals surface area contributed by atoms with E-state index in [0.717, 1.165) is 27.8 Å². The zero-order valence-electron chi connectivity index (χ0n) is 19.7.